The third-order valence-corrected chi connectivity index (χ3v) is 9.58. The summed E-state index contributed by atoms with van der Waals surface area (Å²) in [6, 6.07) is -3.65. The molecule has 0 spiro atoms. The van der Waals surface area contributed by atoms with Crippen molar-refractivity contribution in [1.82, 2.24) is 10.6 Å². The summed E-state index contributed by atoms with van der Waals surface area (Å²) in [4.78, 5) is 49.5. The Kier molecular flexibility index (Phi) is 16.0. The minimum Gasteiger partial charge on any atom is -0.477 e. The van der Waals surface area contributed by atoms with Crippen LogP contribution < -0.4 is 10.6 Å². The first-order valence-electron chi connectivity index (χ1n) is 16.5. The second-order valence-electron chi connectivity index (χ2n) is 13.2. The van der Waals surface area contributed by atoms with Crippen molar-refractivity contribution in [3.8, 4) is 0 Å². The molecule has 324 valence electrons. The Balaban J connectivity index is 2.03. The molecule has 0 aromatic rings. The number of carbonyl (C=O) groups excluding carboxylic acids is 2. The fraction of sp³-hybridized carbons (Fsp3) is 0.857. The lowest BCUT2D eigenvalue weighted by atomic mass is 9.87. The molecule has 3 rings (SSSR count). The Morgan fingerprint density at radius 3 is 1.62 bits per heavy atom. The smallest absolute Gasteiger partial charge is 0.397 e. The molecular formula is C28H46N2O25S. The highest BCUT2D eigenvalue weighted by molar-refractivity contribution is 7.80. The van der Waals surface area contributed by atoms with Crippen molar-refractivity contribution >= 4 is 34.2 Å². The van der Waals surface area contributed by atoms with Gasteiger partial charge in [-0.05, 0) is 0 Å². The number of amides is 2. The van der Waals surface area contributed by atoms with Gasteiger partial charge in [0.05, 0.1) is 44.1 Å². The molecule has 0 aromatic heterocycles. The molecule has 2 amide bonds. The number of carbonyl (C=O) groups is 4. The first kappa shape index (κ1) is 47.5. The molecule has 0 radical (unpaired) electrons. The van der Waals surface area contributed by atoms with Crippen molar-refractivity contribution < 1.29 is 121 Å². The van der Waals surface area contributed by atoms with Crippen LogP contribution in [0.1, 0.15) is 26.7 Å². The van der Waals surface area contributed by atoms with Crippen LogP contribution in [-0.2, 0) is 57.4 Å². The topological polar surface area (TPSA) is 445 Å². The van der Waals surface area contributed by atoms with Gasteiger partial charge in [-0.2, -0.15) is 8.42 Å². The summed E-state index contributed by atoms with van der Waals surface area (Å²) in [5, 5.41) is 129. The van der Waals surface area contributed by atoms with Crippen molar-refractivity contribution in [2.75, 3.05) is 19.8 Å². The second kappa shape index (κ2) is 18.8. The van der Waals surface area contributed by atoms with Crippen LogP contribution in [0.4, 0.5) is 0 Å². The number of ether oxygens (including phenoxy) is 5. The molecule has 15 N–H and O–H groups in total. The summed E-state index contributed by atoms with van der Waals surface area (Å²) < 4.78 is 62.9. The van der Waals surface area contributed by atoms with E-state index in [1.54, 1.807) is 0 Å². The van der Waals surface area contributed by atoms with Crippen LogP contribution in [0.3, 0.4) is 0 Å². The molecule has 0 saturated carbocycles. The predicted molar refractivity (Wildman–Crippen MR) is 169 cm³/mol. The number of carboxylic acid groups (broad SMARTS) is 2. The molecular weight excluding hydrogens is 796 g/mol. The molecule has 28 heteroatoms. The maximum Gasteiger partial charge on any atom is 0.397 e. The Bertz CT molecular complexity index is 1510. The largest absolute Gasteiger partial charge is 0.477 e. The first-order valence-corrected chi connectivity index (χ1v) is 17.9. The summed E-state index contributed by atoms with van der Waals surface area (Å²) in [5.74, 6) is -12.4. The monoisotopic (exact) mass is 842 g/mol. The van der Waals surface area contributed by atoms with Gasteiger partial charge in [0.25, 0.3) is 11.6 Å². The maximum absolute atomic E-state index is 12.8. The van der Waals surface area contributed by atoms with E-state index >= 15 is 0 Å². The van der Waals surface area contributed by atoms with Crippen LogP contribution in [0.25, 0.3) is 0 Å². The van der Waals surface area contributed by atoms with Crippen molar-refractivity contribution in [3.05, 3.63) is 0 Å². The molecule has 0 unspecified atom stereocenters. The van der Waals surface area contributed by atoms with Gasteiger partial charge in [0, 0.05) is 26.7 Å². The summed E-state index contributed by atoms with van der Waals surface area (Å²) in [6.45, 7) is -2.06. The van der Waals surface area contributed by atoms with E-state index in [-0.39, 0.29) is 0 Å². The molecule has 17 atom stereocenters. The normalized spacial score (nSPS) is 38.8. The summed E-state index contributed by atoms with van der Waals surface area (Å²) in [6.07, 6.45) is -30.6. The molecule has 0 aromatic carbocycles. The average molecular weight is 843 g/mol. The first-order chi connectivity index (χ1) is 25.8. The van der Waals surface area contributed by atoms with Gasteiger partial charge in [-0.25, -0.2) is 13.8 Å². The number of carboxylic acids is 2. The van der Waals surface area contributed by atoms with Gasteiger partial charge < -0.3 is 95.6 Å². The Labute approximate surface area is 315 Å². The van der Waals surface area contributed by atoms with Crippen molar-refractivity contribution in [3.63, 3.8) is 0 Å². The molecule has 3 fully saturated rings. The lowest BCUT2D eigenvalue weighted by Crippen LogP contribution is -2.70. The highest BCUT2D eigenvalue weighted by atomic mass is 32.3. The molecule has 3 aliphatic rings. The third-order valence-electron chi connectivity index (χ3n) is 9.09. The van der Waals surface area contributed by atoms with Crippen LogP contribution in [0.5, 0.6) is 0 Å². The highest BCUT2D eigenvalue weighted by Crippen LogP contribution is 2.38. The van der Waals surface area contributed by atoms with E-state index in [2.05, 4.69) is 14.8 Å². The summed E-state index contributed by atoms with van der Waals surface area (Å²) in [7, 11) is -5.43. The van der Waals surface area contributed by atoms with Crippen molar-refractivity contribution in [2.45, 2.75) is 130 Å². The summed E-state index contributed by atoms with van der Waals surface area (Å²) >= 11 is 0. The predicted octanol–water partition coefficient (Wildman–Crippen LogP) is -9.05. The van der Waals surface area contributed by atoms with Crippen LogP contribution >= 0.6 is 0 Å². The van der Waals surface area contributed by atoms with E-state index < -0.39 is 170 Å². The van der Waals surface area contributed by atoms with Crippen LogP contribution in [0.2, 0.25) is 0 Å². The van der Waals surface area contributed by atoms with Gasteiger partial charge in [0.2, 0.25) is 11.8 Å². The van der Waals surface area contributed by atoms with E-state index in [1.807, 2.05) is 0 Å². The SMILES string of the molecule is CC(=O)N[C@H]1[C@H]([C@H](O)[C@@H](CO)O[C@]2(C(=O)O)C[C@H](O)[C@@H](NC(C)=O)[C@H]([C@H](O)[C@@H](CO)OS(=O)(=O)O)O2)O[C@@](OC[C@H]2O[C@@H](O)[C@H](O)[C@@H](O)[C@@H]2O)(C(=O)O)C[C@@H]1O. The van der Waals surface area contributed by atoms with Crippen LogP contribution in [0, 0.1) is 0 Å². The van der Waals surface area contributed by atoms with Gasteiger partial charge in [-0.3, -0.25) is 14.1 Å². The number of aliphatic hydroxyl groups is 10. The molecule has 3 saturated heterocycles. The Hall–Kier alpha value is -2.85. The zero-order valence-electron chi connectivity index (χ0n) is 29.3. The fourth-order valence-corrected chi connectivity index (χ4v) is 6.88. The number of hydrogen-bond donors (Lipinski definition) is 15. The minimum absolute atomic E-state index is 0.910. The van der Waals surface area contributed by atoms with Gasteiger partial charge in [-0.15, -0.1) is 0 Å². The minimum atomic E-state index is -5.43. The van der Waals surface area contributed by atoms with E-state index in [4.69, 9.17) is 28.2 Å². The van der Waals surface area contributed by atoms with E-state index in [9.17, 15) is 88.9 Å². The van der Waals surface area contributed by atoms with E-state index in [1.165, 1.54) is 0 Å². The lowest BCUT2D eigenvalue weighted by molar-refractivity contribution is -0.351. The molecule has 0 aliphatic carbocycles. The summed E-state index contributed by atoms with van der Waals surface area (Å²) in [5.41, 5.74) is 0. The fourth-order valence-electron chi connectivity index (χ4n) is 6.39. The number of aliphatic hydroxyl groups excluding tert-OH is 10. The third kappa shape index (κ3) is 10.8. The highest BCUT2D eigenvalue weighted by Gasteiger charge is 2.60. The van der Waals surface area contributed by atoms with Crippen molar-refractivity contribution in [1.29, 1.82) is 0 Å². The number of nitrogens with one attached hydrogen (secondary N) is 2. The second-order valence-corrected chi connectivity index (χ2v) is 14.2. The molecule has 56 heavy (non-hydrogen) atoms. The van der Waals surface area contributed by atoms with E-state index in [0.717, 1.165) is 13.8 Å². The molecule has 27 nitrogen and oxygen atoms in total. The van der Waals surface area contributed by atoms with Gasteiger partial charge in [-0.1, -0.05) is 0 Å². The Morgan fingerprint density at radius 2 is 1.20 bits per heavy atom. The number of hydrogen-bond acceptors (Lipinski definition) is 22. The standard InChI is InChI=1S/C28H46N2O25S/c1-8(33)29-15-10(35)3-27(25(43)44,50-7-14-17(37)20(40)21(41)24(42)51-14)53-22(15)18(38)12(5-31)52-28(26(45)46)4-11(36)16(30-9(2)34)23(54-28)19(39)13(6-32)55-56(47,48)49/h10-24,31-32,35-42H,3-7H2,1-2H3,(H,29,33)(H,30,34)(H,43,44)(H,45,46)(H,47,48,49)/t10-,11-,12+,13+,14+,15+,16+,17+,18+,19+,20-,21+,22+,23+,24+,27+,28+/m0/s1. The maximum atomic E-state index is 12.8. The molecule has 3 aliphatic heterocycles. The average Bonchev–Trinajstić information content (AvgIpc) is 3.10. The lowest BCUT2D eigenvalue weighted by Gasteiger charge is -2.49. The molecule has 3 heterocycles. The Morgan fingerprint density at radius 1 is 0.750 bits per heavy atom. The van der Waals surface area contributed by atoms with E-state index in [0.29, 0.717) is 0 Å². The van der Waals surface area contributed by atoms with Crippen LogP contribution in [-0.4, -0.2) is 221 Å². The quantitative estimate of drug-likeness (QED) is 0.0605. The zero-order chi connectivity index (χ0) is 42.7. The number of rotatable bonds is 17. The molecule has 0 bridgehead atoms. The van der Waals surface area contributed by atoms with Crippen LogP contribution in [0.15, 0.2) is 0 Å². The zero-order valence-corrected chi connectivity index (χ0v) is 30.1. The number of aliphatic carboxylic acids is 2. The van der Waals surface area contributed by atoms with Gasteiger partial charge in [0.15, 0.2) is 6.29 Å². The van der Waals surface area contributed by atoms with Gasteiger partial charge >= 0.3 is 22.3 Å². The van der Waals surface area contributed by atoms with Gasteiger partial charge in [0.1, 0.15) is 61.0 Å². The van der Waals surface area contributed by atoms with Crippen molar-refractivity contribution in [2.24, 2.45) is 0 Å².